The van der Waals surface area contributed by atoms with Crippen LogP contribution in [0.5, 0.6) is 0 Å². The molecule has 0 amide bonds. The number of esters is 1. The monoisotopic (exact) mass is 194 g/mol. The molecule has 0 radical (unpaired) electrons. The molecule has 0 bridgehead atoms. The topological polar surface area (TPSA) is 83.0 Å². The Morgan fingerprint density at radius 3 is 2.64 bits per heavy atom. The second-order valence-electron chi connectivity index (χ2n) is 2.74. The summed E-state index contributed by atoms with van der Waals surface area (Å²) in [5.74, 6) is -0.680. The molecule has 1 heterocycles. The SMILES string of the molecule is COC(=O)c1c[nH]c(C(C)=N)cc1=O. The zero-order valence-corrected chi connectivity index (χ0v) is 7.88. The Kier molecular flexibility index (Phi) is 2.81. The van der Waals surface area contributed by atoms with Crippen molar-refractivity contribution in [3.05, 3.63) is 33.7 Å². The smallest absolute Gasteiger partial charge is 0.343 e. The molecule has 1 aromatic rings. The third-order valence-electron chi connectivity index (χ3n) is 1.72. The van der Waals surface area contributed by atoms with E-state index >= 15 is 0 Å². The second kappa shape index (κ2) is 3.87. The van der Waals surface area contributed by atoms with Crippen molar-refractivity contribution in [2.45, 2.75) is 6.92 Å². The van der Waals surface area contributed by atoms with Gasteiger partial charge in [0.1, 0.15) is 5.56 Å². The normalized spacial score (nSPS) is 9.57. The number of H-pyrrole nitrogens is 1. The standard InChI is InChI=1S/C9H10N2O3/c1-5(10)7-3-8(12)6(4-11-7)9(13)14-2/h3-4,10H,1-2H3,(H,11,12). The van der Waals surface area contributed by atoms with Gasteiger partial charge >= 0.3 is 5.97 Å². The van der Waals surface area contributed by atoms with Crippen molar-refractivity contribution >= 4 is 11.7 Å². The Morgan fingerprint density at radius 2 is 2.21 bits per heavy atom. The summed E-state index contributed by atoms with van der Waals surface area (Å²) in [5.41, 5.74) is 0.121. The number of rotatable bonds is 2. The summed E-state index contributed by atoms with van der Waals surface area (Å²) in [7, 11) is 1.21. The molecule has 0 aromatic carbocycles. The van der Waals surface area contributed by atoms with E-state index in [4.69, 9.17) is 5.41 Å². The maximum Gasteiger partial charge on any atom is 0.343 e. The van der Waals surface area contributed by atoms with Gasteiger partial charge in [0.25, 0.3) is 0 Å². The van der Waals surface area contributed by atoms with E-state index in [1.165, 1.54) is 19.4 Å². The quantitative estimate of drug-likeness (QED) is 0.532. The van der Waals surface area contributed by atoms with Crippen molar-refractivity contribution < 1.29 is 9.53 Å². The number of aromatic amines is 1. The van der Waals surface area contributed by atoms with E-state index in [0.717, 1.165) is 0 Å². The average molecular weight is 194 g/mol. The van der Waals surface area contributed by atoms with Crippen molar-refractivity contribution in [1.82, 2.24) is 4.98 Å². The number of hydrogen-bond donors (Lipinski definition) is 2. The highest BCUT2D eigenvalue weighted by Crippen LogP contribution is 1.96. The number of nitrogens with one attached hydrogen (secondary N) is 2. The lowest BCUT2D eigenvalue weighted by atomic mass is 10.2. The Hall–Kier alpha value is -1.91. The number of methoxy groups -OCH3 is 1. The molecule has 2 N–H and O–H groups in total. The highest BCUT2D eigenvalue weighted by Gasteiger charge is 2.10. The Morgan fingerprint density at radius 1 is 1.57 bits per heavy atom. The summed E-state index contributed by atoms with van der Waals surface area (Å²) in [5, 5.41) is 7.27. The summed E-state index contributed by atoms with van der Waals surface area (Å²) in [4.78, 5) is 25.0. The van der Waals surface area contributed by atoms with Gasteiger partial charge in [0.2, 0.25) is 0 Å². The first kappa shape index (κ1) is 10.2. The third-order valence-corrected chi connectivity index (χ3v) is 1.72. The minimum Gasteiger partial charge on any atom is -0.465 e. The van der Waals surface area contributed by atoms with Gasteiger partial charge in [-0.1, -0.05) is 0 Å². The van der Waals surface area contributed by atoms with Crippen LogP contribution in [0.4, 0.5) is 0 Å². The van der Waals surface area contributed by atoms with Crippen LogP contribution in [0.3, 0.4) is 0 Å². The molecule has 5 nitrogen and oxygen atoms in total. The molecule has 0 aliphatic rings. The van der Waals surface area contributed by atoms with Gasteiger partial charge in [-0.2, -0.15) is 0 Å². The number of hydrogen-bond acceptors (Lipinski definition) is 4. The first-order chi connectivity index (χ1) is 6.56. The maximum absolute atomic E-state index is 11.3. The van der Waals surface area contributed by atoms with Gasteiger partial charge in [0.15, 0.2) is 5.43 Å². The lowest BCUT2D eigenvalue weighted by molar-refractivity contribution is 0.0599. The van der Waals surface area contributed by atoms with Crippen LogP contribution in [0.25, 0.3) is 0 Å². The summed E-state index contributed by atoms with van der Waals surface area (Å²) in [6.07, 6.45) is 1.25. The van der Waals surface area contributed by atoms with Gasteiger partial charge < -0.3 is 15.1 Å². The van der Waals surface area contributed by atoms with Gasteiger partial charge in [-0.15, -0.1) is 0 Å². The number of carbonyl (C=O) groups excluding carboxylic acids is 1. The van der Waals surface area contributed by atoms with Crippen LogP contribution in [0.1, 0.15) is 23.0 Å². The van der Waals surface area contributed by atoms with Crippen LogP contribution in [-0.2, 0) is 4.74 Å². The lowest BCUT2D eigenvalue weighted by Gasteiger charge is -2.00. The molecule has 0 saturated carbocycles. The van der Waals surface area contributed by atoms with Crippen LogP contribution in [0, 0.1) is 5.41 Å². The molecular formula is C9H10N2O3. The molecule has 0 aliphatic heterocycles. The largest absolute Gasteiger partial charge is 0.465 e. The molecule has 0 aliphatic carbocycles. The summed E-state index contributed by atoms with van der Waals surface area (Å²) >= 11 is 0. The fourth-order valence-electron chi connectivity index (χ4n) is 0.958. The van der Waals surface area contributed by atoms with Gasteiger partial charge in [-0.25, -0.2) is 4.79 Å². The van der Waals surface area contributed by atoms with Crippen molar-refractivity contribution in [3.8, 4) is 0 Å². The zero-order valence-electron chi connectivity index (χ0n) is 7.88. The van der Waals surface area contributed by atoms with Gasteiger partial charge in [-0.05, 0) is 6.92 Å². The zero-order chi connectivity index (χ0) is 10.7. The molecule has 1 aromatic heterocycles. The van der Waals surface area contributed by atoms with E-state index in [1.54, 1.807) is 6.92 Å². The fourth-order valence-corrected chi connectivity index (χ4v) is 0.958. The molecule has 5 heteroatoms. The number of carbonyl (C=O) groups is 1. The molecule has 0 spiro atoms. The second-order valence-corrected chi connectivity index (χ2v) is 2.74. The number of aromatic nitrogens is 1. The van der Waals surface area contributed by atoms with Crippen molar-refractivity contribution in [3.63, 3.8) is 0 Å². The molecule has 0 unspecified atom stereocenters. The predicted molar refractivity (Wildman–Crippen MR) is 50.9 cm³/mol. The Labute approximate surface area is 80.2 Å². The van der Waals surface area contributed by atoms with Crippen LogP contribution in [-0.4, -0.2) is 23.8 Å². The summed E-state index contributed by atoms with van der Waals surface area (Å²) < 4.78 is 4.40. The van der Waals surface area contributed by atoms with E-state index in [0.29, 0.717) is 5.69 Å². The first-order valence-electron chi connectivity index (χ1n) is 3.93. The van der Waals surface area contributed by atoms with E-state index in [9.17, 15) is 9.59 Å². The minimum atomic E-state index is -0.680. The van der Waals surface area contributed by atoms with E-state index in [2.05, 4.69) is 9.72 Å². The van der Waals surface area contributed by atoms with Crippen molar-refractivity contribution in [2.24, 2.45) is 0 Å². The van der Waals surface area contributed by atoms with Gasteiger partial charge in [0, 0.05) is 12.3 Å². The van der Waals surface area contributed by atoms with Crippen molar-refractivity contribution in [2.75, 3.05) is 7.11 Å². The molecule has 0 saturated heterocycles. The molecule has 74 valence electrons. The average Bonchev–Trinajstić information content (AvgIpc) is 2.16. The minimum absolute atomic E-state index is 0.0579. The van der Waals surface area contributed by atoms with Crippen molar-refractivity contribution in [1.29, 1.82) is 5.41 Å². The van der Waals surface area contributed by atoms with Crippen LogP contribution in [0.15, 0.2) is 17.1 Å². The lowest BCUT2D eigenvalue weighted by Crippen LogP contribution is -2.17. The van der Waals surface area contributed by atoms with Crippen LogP contribution >= 0.6 is 0 Å². The highest BCUT2D eigenvalue weighted by molar-refractivity contribution is 5.95. The van der Waals surface area contributed by atoms with Crippen LogP contribution < -0.4 is 5.43 Å². The Bertz CT molecular complexity index is 434. The number of ether oxygens (including phenoxy) is 1. The first-order valence-corrected chi connectivity index (χ1v) is 3.93. The predicted octanol–water partition coefficient (Wildman–Crippen LogP) is 0.549. The van der Waals surface area contributed by atoms with E-state index in [1.807, 2.05) is 0 Å². The molecule has 14 heavy (non-hydrogen) atoms. The summed E-state index contributed by atoms with van der Waals surface area (Å²) in [6.45, 7) is 1.54. The van der Waals surface area contributed by atoms with Gasteiger partial charge in [0.05, 0.1) is 18.5 Å². The van der Waals surface area contributed by atoms with E-state index < -0.39 is 11.4 Å². The Balaban J connectivity index is 3.21. The van der Waals surface area contributed by atoms with E-state index in [-0.39, 0.29) is 11.3 Å². The number of pyridine rings is 1. The molecule has 0 atom stereocenters. The molecular weight excluding hydrogens is 184 g/mol. The fraction of sp³-hybridized carbons (Fsp3) is 0.222. The van der Waals surface area contributed by atoms with Gasteiger partial charge in [-0.3, -0.25) is 4.79 Å². The maximum atomic E-state index is 11.3. The third kappa shape index (κ3) is 1.87. The molecule has 1 rings (SSSR count). The summed E-state index contributed by atoms with van der Waals surface area (Å²) in [6, 6.07) is 1.20. The molecule has 0 fully saturated rings. The van der Waals surface area contributed by atoms with Crippen LogP contribution in [0.2, 0.25) is 0 Å². The highest BCUT2D eigenvalue weighted by atomic mass is 16.5.